The standard InChI is InChI=1S/C8H7BrN2O/c1-5-7(9)3-6(4-10)8(12)11(5)2/h3H,1-2H3. The molecule has 0 spiro atoms. The van der Waals surface area contributed by atoms with E-state index in [9.17, 15) is 4.79 Å². The van der Waals surface area contributed by atoms with Gasteiger partial charge in [-0.3, -0.25) is 4.79 Å². The number of pyridine rings is 1. The number of nitrogens with zero attached hydrogens (tertiary/aromatic N) is 2. The maximum absolute atomic E-state index is 11.3. The van der Waals surface area contributed by atoms with Crippen LogP contribution in [0.25, 0.3) is 0 Å². The Hall–Kier alpha value is -1.08. The summed E-state index contributed by atoms with van der Waals surface area (Å²) < 4.78 is 2.23. The molecule has 0 aromatic carbocycles. The summed E-state index contributed by atoms with van der Waals surface area (Å²) in [4.78, 5) is 11.3. The molecular formula is C8H7BrN2O. The van der Waals surface area contributed by atoms with Crippen LogP contribution in [0.4, 0.5) is 0 Å². The quantitative estimate of drug-likeness (QED) is 0.671. The van der Waals surface area contributed by atoms with E-state index < -0.39 is 0 Å². The minimum atomic E-state index is -0.252. The number of aromatic nitrogens is 1. The van der Waals surface area contributed by atoms with Gasteiger partial charge in [0, 0.05) is 17.2 Å². The van der Waals surface area contributed by atoms with Gasteiger partial charge < -0.3 is 4.57 Å². The number of hydrogen-bond donors (Lipinski definition) is 0. The zero-order chi connectivity index (χ0) is 9.30. The van der Waals surface area contributed by atoms with Crippen LogP contribution in [0.2, 0.25) is 0 Å². The summed E-state index contributed by atoms with van der Waals surface area (Å²) in [6.45, 7) is 1.81. The Bertz CT molecular complexity index is 414. The summed E-state index contributed by atoms with van der Waals surface area (Å²) >= 11 is 3.26. The van der Waals surface area contributed by atoms with Crippen molar-refractivity contribution >= 4 is 15.9 Å². The minimum Gasteiger partial charge on any atom is -0.314 e. The lowest BCUT2D eigenvalue weighted by Gasteiger charge is -2.04. The Kier molecular flexibility index (Phi) is 2.34. The molecule has 0 aliphatic rings. The fourth-order valence-corrected chi connectivity index (χ4v) is 1.36. The van der Waals surface area contributed by atoms with E-state index in [4.69, 9.17) is 5.26 Å². The summed E-state index contributed by atoms with van der Waals surface area (Å²) in [7, 11) is 1.64. The highest BCUT2D eigenvalue weighted by atomic mass is 79.9. The van der Waals surface area contributed by atoms with Gasteiger partial charge in [-0.25, -0.2) is 0 Å². The van der Waals surface area contributed by atoms with Crippen LogP contribution in [0.15, 0.2) is 15.3 Å². The molecule has 0 saturated heterocycles. The summed E-state index contributed by atoms with van der Waals surface area (Å²) in [6.07, 6.45) is 0. The fourth-order valence-electron chi connectivity index (χ4n) is 0.866. The SMILES string of the molecule is Cc1c(Br)cc(C#N)c(=O)n1C. The van der Waals surface area contributed by atoms with Crippen LogP contribution in [0.5, 0.6) is 0 Å². The van der Waals surface area contributed by atoms with Gasteiger partial charge >= 0.3 is 0 Å². The van der Waals surface area contributed by atoms with Gasteiger partial charge in [-0.15, -0.1) is 0 Å². The normalized spacial score (nSPS) is 9.50. The summed E-state index contributed by atoms with van der Waals surface area (Å²) in [5.41, 5.74) is 0.729. The zero-order valence-electron chi connectivity index (χ0n) is 6.76. The molecule has 4 heteroatoms. The van der Waals surface area contributed by atoms with Crippen LogP contribution >= 0.6 is 15.9 Å². The lowest BCUT2D eigenvalue weighted by molar-refractivity contribution is 0.808. The third kappa shape index (κ3) is 1.28. The molecule has 0 N–H and O–H groups in total. The van der Waals surface area contributed by atoms with E-state index >= 15 is 0 Å². The molecule has 0 bridgehead atoms. The van der Waals surface area contributed by atoms with Crippen LogP contribution in [-0.2, 0) is 7.05 Å². The Balaban J connectivity index is 3.64. The van der Waals surface area contributed by atoms with Gasteiger partial charge in [-0.05, 0) is 28.9 Å². The number of halogens is 1. The van der Waals surface area contributed by atoms with Crippen molar-refractivity contribution in [2.75, 3.05) is 0 Å². The Morgan fingerprint density at radius 3 is 2.75 bits per heavy atom. The number of rotatable bonds is 0. The van der Waals surface area contributed by atoms with Crippen molar-refractivity contribution in [3.63, 3.8) is 0 Å². The lowest BCUT2D eigenvalue weighted by Crippen LogP contribution is -2.21. The highest BCUT2D eigenvalue weighted by Gasteiger charge is 2.05. The van der Waals surface area contributed by atoms with E-state index in [1.807, 2.05) is 13.0 Å². The molecule has 12 heavy (non-hydrogen) atoms. The Morgan fingerprint density at radius 2 is 2.25 bits per heavy atom. The summed E-state index contributed by atoms with van der Waals surface area (Å²) in [5, 5.41) is 8.57. The molecule has 0 aliphatic carbocycles. The average Bonchev–Trinajstić information content (AvgIpc) is 2.08. The maximum atomic E-state index is 11.3. The fraction of sp³-hybridized carbons (Fsp3) is 0.250. The van der Waals surface area contributed by atoms with Crippen molar-refractivity contribution in [3.05, 3.63) is 32.2 Å². The van der Waals surface area contributed by atoms with Gasteiger partial charge in [0.05, 0.1) is 0 Å². The minimum absolute atomic E-state index is 0.162. The van der Waals surface area contributed by atoms with Crippen molar-refractivity contribution in [2.24, 2.45) is 7.05 Å². The van der Waals surface area contributed by atoms with Crippen LogP contribution < -0.4 is 5.56 Å². The molecule has 0 saturated carbocycles. The molecule has 0 atom stereocenters. The van der Waals surface area contributed by atoms with Crippen LogP contribution in [0.1, 0.15) is 11.3 Å². The third-order valence-electron chi connectivity index (χ3n) is 1.78. The van der Waals surface area contributed by atoms with Crippen LogP contribution in [0.3, 0.4) is 0 Å². The van der Waals surface area contributed by atoms with Gasteiger partial charge in [0.2, 0.25) is 0 Å². The second-order valence-corrected chi connectivity index (χ2v) is 3.32. The first-order valence-electron chi connectivity index (χ1n) is 3.34. The maximum Gasteiger partial charge on any atom is 0.268 e. The second-order valence-electron chi connectivity index (χ2n) is 2.47. The zero-order valence-corrected chi connectivity index (χ0v) is 8.34. The Labute approximate surface area is 78.4 Å². The van der Waals surface area contributed by atoms with E-state index in [0.29, 0.717) is 0 Å². The van der Waals surface area contributed by atoms with E-state index in [0.717, 1.165) is 10.2 Å². The molecule has 1 aromatic heterocycles. The highest BCUT2D eigenvalue weighted by Crippen LogP contribution is 2.13. The Morgan fingerprint density at radius 1 is 1.67 bits per heavy atom. The van der Waals surface area contributed by atoms with Crippen molar-refractivity contribution in [2.45, 2.75) is 6.92 Å². The van der Waals surface area contributed by atoms with Crippen LogP contribution in [0, 0.1) is 18.3 Å². The number of hydrogen-bond acceptors (Lipinski definition) is 2. The first kappa shape index (κ1) is 9.01. The van der Waals surface area contributed by atoms with Gasteiger partial charge in [-0.2, -0.15) is 5.26 Å². The van der Waals surface area contributed by atoms with Crippen molar-refractivity contribution in [1.29, 1.82) is 5.26 Å². The van der Waals surface area contributed by atoms with Crippen molar-refractivity contribution < 1.29 is 0 Å². The first-order chi connectivity index (χ1) is 5.57. The molecule has 1 rings (SSSR count). The molecule has 1 heterocycles. The number of nitriles is 1. The molecule has 0 radical (unpaired) electrons. The molecule has 0 amide bonds. The van der Waals surface area contributed by atoms with E-state index in [2.05, 4.69) is 15.9 Å². The molecule has 1 aromatic rings. The lowest BCUT2D eigenvalue weighted by atomic mass is 10.2. The van der Waals surface area contributed by atoms with Gasteiger partial charge in [0.1, 0.15) is 11.6 Å². The molecule has 0 aliphatic heterocycles. The van der Waals surface area contributed by atoms with Crippen LogP contribution in [-0.4, -0.2) is 4.57 Å². The molecule has 62 valence electrons. The smallest absolute Gasteiger partial charge is 0.268 e. The predicted octanol–water partition coefficient (Wildman–Crippen LogP) is 1.33. The molecule has 3 nitrogen and oxygen atoms in total. The summed E-state index contributed by atoms with van der Waals surface area (Å²) in [5.74, 6) is 0. The highest BCUT2D eigenvalue weighted by molar-refractivity contribution is 9.10. The molecule has 0 unspecified atom stereocenters. The van der Waals surface area contributed by atoms with Gasteiger partial charge in [-0.1, -0.05) is 0 Å². The van der Waals surface area contributed by atoms with E-state index in [1.54, 1.807) is 7.05 Å². The van der Waals surface area contributed by atoms with Crippen molar-refractivity contribution in [3.8, 4) is 6.07 Å². The largest absolute Gasteiger partial charge is 0.314 e. The predicted molar refractivity (Wildman–Crippen MR) is 48.8 cm³/mol. The summed E-state index contributed by atoms with van der Waals surface area (Å²) in [6, 6.07) is 3.38. The van der Waals surface area contributed by atoms with Crippen molar-refractivity contribution in [1.82, 2.24) is 4.57 Å². The topological polar surface area (TPSA) is 45.8 Å². The van der Waals surface area contributed by atoms with E-state index in [-0.39, 0.29) is 11.1 Å². The monoisotopic (exact) mass is 226 g/mol. The first-order valence-corrected chi connectivity index (χ1v) is 4.13. The molecule has 0 fully saturated rings. The third-order valence-corrected chi connectivity index (χ3v) is 2.58. The van der Waals surface area contributed by atoms with Gasteiger partial charge in [0.25, 0.3) is 5.56 Å². The molecular weight excluding hydrogens is 220 g/mol. The van der Waals surface area contributed by atoms with Gasteiger partial charge in [0.15, 0.2) is 0 Å². The average molecular weight is 227 g/mol. The second kappa shape index (κ2) is 3.11. The van der Waals surface area contributed by atoms with E-state index in [1.165, 1.54) is 10.6 Å².